The second kappa shape index (κ2) is 7.87. The lowest BCUT2D eigenvalue weighted by atomic mass is 10.0. The van der Waals surface area contributed by atoms with Gasteiger partial charge in [-0.3, -0.25) is 0 Å². The van der Waals surface area contributed by atoms with E-state index in [1.165, 1.54) is 17.6 Å². The zero-order chi connectivity index (χ0) is 18.5. The normalized spacial score (nSPS) is 16.7. The third kappa shape index (κ3) is 3.77. The summed E-state index contributed by atoms with van der Waals surface area (Å²) in [5.74, 6) is -0.822. The summed E-state index contributed by atoms with van der Waals surface area (Å²) in [6.07, 6.45) is 1.43. The Labute approximate surface area is 152 Å². The van der Waals surface area contributed by atoms with Gasteiger partial charge in [0.1, 0.15) is 18.4 Å². The molecule has 2 aromatic rings. The molecule has 1 aliphatic rings. The number of thiophene rings is 1. The molecule has 2 aromatic heterocycles. The van der Waals surface area contributed by atoms with Crippen LogP contribution < -0.4 is 10.6 Å². The van der Waals surface area contributed by atoms with E-state index in [2.05, 4.69) is 10.6 Å². The molecule has 0 fully saturated rings. The zero-order valence-electron chi connectivity index (χ0n) is 13.8. The fourth-order valence-electron chi connectivity index (χ4n) is 2.45. The summed E-state index contributed by atoms with van der Waals surface area (Å²) in [6.45, 7) is 1.54. The molecular weight excluding hydrogens is 360 g/mol. The highest BCUT2D eigenvalue weighted by molar-refractivity contribution is 7.08. The topological polar surface area (TPSA) is 107 Å². The molecule has 3 heterocycles. The third-order valence-corrected chi connectivity index (χ3v) is 4.26. The summed E-state index contributed by atoms with van der Waals surface area (Å²) in [6, 6.07) is 3.52. The predicted octanol–water partition coefficient (Wildman–Crippen LogP) is 2.37. The number of nitrogens with one attached hydrogen (secondary N) is 2. The van der Waals surface area contributed by atoms with Crippen molar-refractivity contribution in [1.29, 1.82) is 0 Å². The number of esters is 2. The lowest BCUT2D eigenvalue weighted by Gasteiger charge is -2.27. The molecule has 1 aliphatic heterocycles. The quantitative estimate of drug-likeness (QED) is 0.750. The number of amides is 2. The van der Waals surface area contributed by atoms with Crippen LogP contribution in [0.1, 0.15) is 29.1 Å². The van der Waals surface area contributed by atoms with Crippen molar-refractivity contribution in [2.45, 2.75) is 13.0 Å². The molecule has 1 unspecified atom stereocenters. The van der Waals surface area contributed by atoms with E-state index >= 15 is 0 Å². The van der Waals surface area contributed by atoms with Crippen molar-refractivity contribution in [1.82, 2.24) is 10.6 Å². The summed E-state index contributed by atoms with van der Waals surface area (Å²) in [5, 5.41) is 8.52. The highest BCUT2D eigenvalue weighted by Crippen LogP contribution is 2.28. The highest BCUT2D eigenvalue weighted by atomic mass is 32.1. The number of carbonyl (C=O) groups is 3. The van der Waals surface area contributed by atoms with Gasteiger partial charge < -0.3 is 24.5 Å². The van der Waals surface area contributed by atoms with E-state index in [0.717, 1.165) is 0 Å². The Morgan fingerprint density at radius 2 is 2.12 bits per heavy atom. The fraction of sp³-hybridized carbons (Fsp3) is 0.235. The summed E-state index contributed by atoms with van der Waals surface area (Å²) in [5.41, 5.74) is 0.674. The molecule has 2 amide bonds. The average molecular weight is 376 g/mol. The van der Waals surface area contributed by atoms with E-state index in [4.69, 9.17) is 13.9 Å². The van der Waals surface area contributed by atoms with E-state index in [1.54, 1.807) is 35.9 Å². The Balaban J connectivity index is 1.89. The van der Waals surface area contributed by atoms with Gasteiger partial charge in [0.25, 0.3) is 0 Å². The van der Waals surface area contributed by atoms with Gasteiger partial charge in [0.15, 0.2) is 0 Å². The van der Waals surface area contributed by atoms with Crippen molar-refractivity contribution in [3.05, 3.63) is 57.8 Å². The van der Waals surface area contributed by atoms with Gasteiger partial charge in [0, 0.05) is 5.38 Å². The van der Waals surface area contributed by atoms with Crippen molar-refractivity contribution in [3.8, 4) is 0 Å². The number of urea groups is 1. The molecular formula is C17H16N2O6S. The van der Waals surface area contributed by atoms with Crippen LogP contribution >= 0.6 is 11.3 Å². The van der Waals surface area contributed by atoms with Crippen LogP contribution in [0, 0.1) is 0 Å². The minimum absolute atomic E-state index is 0.125. The van der Waals surface area contributed by atoms with Crippen molar-refractivity contribution in [3.63, 3.8) is 0 Å². The highest BCUT2D eigenvalue weighted by Gasteiger charge is 2.35. The van der Waals surface area contributed by atoms with Gasteiger partial charge in [-0.1, -0.05) is 0 Å². The summed E-state index contributed by atoms with van der Waals surface area (Å²) < 4.78 is 15.6. The molecule has 3 rings (SSSR count). The maximum absolute atomic E-state index is 12.4. The summed E-state index contributed by atoms with van der Waals surface area (Å²) in [7, 11) is 0. The van der Waals surface area contributed by atoms with E-state index in [1.807, 2.05) is 0 Å². The molecule has 0 spiro atoms. The number of rotatable bonds is 6. The maximum atomic E-state index is 12.4. The number of carbonyl (C=O) groups excluding carboxylic acids is 3. The first-order valence-electron chi connectivity index (χ1n) is 7.80. The first kappa shape index (κ1) is 17.7. The van der Waals surface area contributed by atoms with Crippen molar-refractivity contribution in [2.75, 3.05) is 13.2 Å². The van der Waals surface area contributed by atoms with Gasteiger partial charge in [0.05, 0.1) is 29.7 Å². The smallest absolute Gasteiger partial charge is 0.339 e. The van der Waals surface area contributed by atoms with E-state index < -0.39 is 24.0 Å². The van der Waals surface area contributed by atoms with Crippen LogP contribution in [-0.2, 0) is 14.3 Å². The van der Waals surface area contributed by atoms with Crippen LogP contribution in [0.2, 0.25) is 0 Å². The molecule has 0 radical (unpaired) electrons. The molecule has 1 atom stereocenters. The van der Waals surface area contributed by atoms with Crippen LogP contribution in [-0.4, -0.2) is 31.2 Å². The van der Waals surface area contributed by atoms with Crippen LogP contribution in [0.5, 0.6) is 0 Å². The van der Waals surface area contributed by atoms with E-state index in [0.29, 0.717) is 11.3 Å². The Hall–Kier alpha value is -3.07. The standard InChI is InChI=1S/C17H16N2O6S/c1-2-23-16(21)13-11(8-25-15(20)10-5-7-26-9-10)18-17(22)19-14(13)12-4-3-6-24-12/h3-7,9,14H,2,8H2,1H3,(H2,18,19,22). The first-order valence-corrected chi connectivity index (χ1v) is 8.74. The first-order chi connectivity index (χ1) is 12.6. The van der Waals surface area contributed by atoms with Crippen molar-refractivity contribution >= 4 is 29.3 Å². The maximum Gasteiger partial charge on any atom is 0.339 e. The van der Waals surface area contributed by atoms with Gasteiger partial charge in [-0.2, -0.15) is 11.3 Å². The molecule has 26 heavy (non-hydrogen) atoms. The van der Waals surface area contributed by atoms with E-state index in [9.17, 15) is 14.4 Å². The summed E-state index contributed by atoms with van der Waals surface area (Å²) >= 11 is 1.36. The van der Waals surface area contributed by atoms with Gasteiger partial charge in [-0.15, -0.1) is 0 Å². The molecule has 136 valence electrons. The van der Waals surface area contributed by atoms with Gasteiger partial charge >= 0.3 is 18.0 Å². The predicted molar refractivity (Wildman–Crippen MR) is 91.4 cm³/mol. The minimum atomic E-state index is -0.840. The molecule has 0 aliphatic carbocycles. The largest absolute Gasteiger partial charge is 0.467 e. The molecule has 8 nitrogen and oxygen atoms in total. The fourth-order valence-corrected chi connectivity index (χ4v) is 3.08. The molecule has 2 N–H and O–H groups in total. The minimum Gasteiger partial charge on any atom is -0.467 e. The van der Waals surface area contributed by atoms with Crippen LogP contribution in [0.4, 0.5) is 4.79 Å². The van der Waals surface area contributed by atoms with Crippen LogP contribution in [0.3, 0.4) is 0 Å². The molecule has 0 bridgehead atoms. The Morgan fingerprint density at radius 3 is 2.77 bits per heavy atom. The third-order valence-electron chi connectivity index (χ3n) is 3.58. The van der Waals surface area contributed by atoms with Gasteiger partial charge in [0.2, 0.25) is 0 Å². The zero-order valence-corrected chi connectivity index (χ0v) is 14.6. The van der Waals surface area contributed by atoms with Gasteiger partial charge in [-0.25, -0.2) is 14.4 Å². The van der Waals surface area contributed by atoms with Crippen molar-refractivity contribution < 1.29 is 28.3 Å². The summed E-state index contributed by atoms with van der Waals surface area (Å²) in [4.78, 5) is 36.5. The number of hydrogen-bond acceptors (Lipinski definition) is 7. The molecule has 0 saturated carbocycles. The molecule has 9 heteroatoms. The lowest BCUT2D eigenvalue weighted by Crippen LogP contribution is -2.47. The Morgan fingerprint density at radius 1 is 1.27 bits per heavy atom. The van der Waals surface area contributed by atoms with E-state index in [-0.39, 0.29) is 24.5 Å². The second-order valence-corrected chi connectivity index (χ2v) is 6.03. The van der Waals surface area contributed by atoms with Gasteiger partial charge in [-0.05, 0) is 30.5 Å². The number of hydrogen-bond donors (Lipinski definition) is 2. The van der Waals surface area contributed by atoms with Crippen LogP contribution in [0.25, 0.3) is 0 Å². The Kier molecular flexibility index (Phi) is 5.37. The average Bonchev–Trinajstić information content (AvgIpc) is 3.32. The second-order valence-electron chi connectivity index (χ2n) is 5.25. The SMILES string of the molecule is CCOC(=O)C1=C(COC(=O)c2ccsc2)NC(=O)NC1c1ccco1. The van der Waals surface area contributed by atoms with Crippen molar-refractivity contribution in [2.24, 2.45) is 0 Å². The molecule has 0 saturated heterocycles. The lowest BCUT2D eigenvalue weighted by molar-refractivity contribution is -0.139. The number of furan rings is 1. The monoisotopic (exact) mass is 376 g/mol. The Bertz CT molecular complexity index is 826. The van der Waals surface area contributed by atoms with Crippen LogP contribution in [0.15, 0.2) is 50.9 Å². The molecule has 0 aromatic carbocycles. The number of ether oxygens (including phenoxy) is 2.